The number of azo groups is 1. The van der Waals surface area contributed by atoms with Crippen molar-refractivity contribution < 1.29 is 4.52 Å². The first-order valence-corrected chi connectivity index (χ1v) is 10.5. The van der Waals surface area contributed by atoms with E-state index in [4.69, 9.17) is 15.4 Å². The molecule has 0 spiro atoms. The van der Waals surface area contributed by atoms with Crippen LogP contribution in [-0.2, 0) is 12.0 Å². The SMILES string of the molecule is CCCCCCCCn1nc(C(C)(C)C)c(N=Nc2noc3ccccc23)c1N. The van der Waals surface area contributed by atoms with Crippen molar-refractivity contribution in [2.24, 2.45) is 10.2 Å². The molecule has 0 saturated carbocycles. The highest BCUT2D eigenvalue weighted by Gasteiger charge is 2.26. The maximum absolute atomic E-state index is 6.42. The summed E-state index contributed by atoms with van der Waals surface area (Å²) < 4.78 is 7.18. The summed E-state index contributed by atoms with van der Waals surface area (Å²) >= 11 is 0. The highest BCUT2D eigenvalue weighted by molar-refractivity contribution is 5.86. The Balaban J connectivity index is 1.80. The number of aromatic nitrogens is 3. The molecule has 0 aliphatic heterocycles. The van der Waals surface area contributed by atoms with Crippen molar-refractivity contribution in [3.05, 3.63) is 30.0 Å². The maximum atomic E-state index is 6.42. The third-order valence-electron chi connectivity index (χ3n) is 5.00. The van der Waals surface area contributed by atoms with E-state index in [1.165, 1.54) is 32.1 Å². The summed E-state index contributed by atoms with van der Waals surface area (Å²) in [5.74, 6) is 1.00. The highest BCUT2D eigenvalue weighted by Crippen LogP contribution is 2.37. The van der Waals surface area contributed by atoms with Gasteiger partial charge in [-0.1, -0.05) is 77.1 Å². The van der Waals surface area contributed by atoms with Crippen molar-refractivity contribution in [2.45, 2.75) is 78.2 Å². The van der Waals surface area contributed by atoms with E-state index in [0.717, 1.165) is 24.0 Å². The first-order valence-electron chi connectivity index (χ1n) is 10.5. The number of anilines is 1. The minimum absolute atomic E-state index is 0.194. The van der Waals surface area contributed by atoms with E-state index in [1.807, 2.05) is 28.9 Å². The number of nitrogens with two attached hydrogens (primary N) is 1. The molecule has 3 rings (SSSR count). The molecule has 2 N–H and O–H groups in total. The maximum Gasteiger partial charge on any atom is 0.224 e. The van der Waals surface area contributed by atoms with E-state index in [2.05, 4.69) is 43.1 Å². The molecule has 0 saturated heterocycles. The molecule has 0 bridgehead atoms. The van der Waals surface area contributed by atoms with Crippen LogP contribution in [0.15, 0.2) is 39.0 Å². The van der Waals surface area contributed by atoms with Crippen LogP contribution in [0, 0.1) is 0 Å². The number of hydrogen-bond donors (Lipinski definition) is 1. The number of unbranched alkanes of at least 4 members (excludes halogenated alkanes) is 5. The Bertz CT molecular complexity index is 963. The quantitative estimate of drug-likeness (QED) is 0.322. The van der Waals surface area contributed by atoms with Crippen molar-refractivity contribution in [1.82, 2.24) is 14.9 Å². The normalized spacial score (nSPS) is 12.4. The van der Waals surface area contributed by atoms with E-state index in [0.29, 0.717) is 22.9 Å². The first-order chi connectivity index (χ1) is 13.9. The van der Waals surface area contributed by atoms with Crippen LogP contribution in [0.3, 0.4) is 0 Å². The lowest BCUT2D eigenvalue weighted by atomic mass is 9.91. The molecule has 0 amide bonds. The lowest BCUT2D eigenvalue weighted by Gasteiger charge is -2.15. The van der Waals surface area contributed by atoms with E-state index in [9.17, 15) is 0 Å². The lowest BCUT2D eigenvalue weighted by Crippen LogP contribution is -2.13. The fourth-order valence-corrected chi connectivity index (χ4v) is 3.32. The van der Waals surface area contributed by atoms with Crippen LogP contribution in [0.25, 0.3) is 11.0 Å². The molecule has 156 valence electrons. The second kappa shape index (κ2) is 9.20. The van der Waals surface area contributed by atoms with Gasteiger partial charge >= 0.3 is 0 Å². The second-order valence-corrected chi connectivity index (χ2v) is 8.53. The van der Waals surface area contributed by atoms with Crippen LogP contribution in [0.4, 0.5) is 17.3 Å². The fraction of sp³-hybridized carbons (Fsp3) is 0.545. The number of para-hydroxylation sites is 1. The smallest absolute Gasteiger partial charge is 0.224 e. The van der Waals surface area contributed by atoms with Gasteiger partial charge in [-0.15, -0.1) is 10.2 Å². The zero-order valence-corrected chi connectivity index (χ0v) is 18.0. The predicted octanol–water partition coefficient (Wildman–Crippen LogP) is 6.68. The zero-order valence-electron chi connectivity index (χ0n) is 18.0. The third-order valence-corrected chi connectivity index (χ3v) is 5.00. The van der Waals surface area contributed by atoms with Gasteiger partial charge in [0, 0.05) is 12.0 Å². The fourth-order valence-electron chi connectivity index (χ4n) is 3.32. The molecule has 2 heterocycles. The number of nitrogen functional groups attached to an aromatic ring is 1. The molecule has 0 radical (unpaired) electrons. The van der Waals surface area contributed by atoms with Crippen LogP contribution < -0.4 is 5.73 Å². The molecular weight excluding hydrogens is 364 g/mol. The van der Waals surface area contributed by atoms with Gasteiger partial charge in [0.25, 0.3) is 0 Å². The molecule has 0 fully saturated rings. The van der Waals surface area contributed by atoms with Gasteiger partial charge in [-0.25, -0.2) is 4.68 Å². The van der Waals surface area contributed by atoms with E-state index < -0.39 is 0 Å². The van der Waals surface area contributed by atoms with Crippen LogP contribution >= 0.6 is 0 Å². The van der Waals surface area contributed by atoms with Crippen molar-refractivity contribution in [2.75, 3.05) is 5.73 Å². The molecular formula is C22H32N6O. The molecule has 2 aromatic heterocycles. The number of aryl methyl sites for hydroxylation is 1. The van der Waals surface area contributed by atoms with E-state index in [1.54, 1.807) is 0 Å². The van der Waals surface area contributed by atoms with Crippen molar-refractivity contribution in [3.63, 3.8) is 0 Å². The molecule has 3 aromatic rings. The molecule has 0 atom stereocenters. The average Bonchev–Trinajstić information content (AvgIpc) is 3.24. The molecule has 7 nitrogen and oxygen atoms in total. The van der Waals surface area contributed by atoms with Crippen LogP contribution in [-0.4, -0.2) is 14.9 Å². The number of nitrogens with zero attached hydrogens (tertiary/aromatic N) is 5. The number of benzene rings is 1. The second-order valence-electron chi connectivity index (χ2n) is 8.53. The molecule has 29 heavy (non-hydrogen) atoms. The zero-order chi connectivity index (χ0) is 20.9. The van der Waals surface area contributed by atoms with Crippen molar-refractivity contribution >= 4 is 28.3 Å². The minimum Gasteiger partial charge on any atom is -0.382 e. The average molecular weight is 397 g/mol. The Morgan fingerprint density at radius 3 is 2.52 bits per heavy atom. The Hall–Kier alpha value is -2.70. The largest absolute Gasteiger partial charge is 0.382 e. The Labute approximate surface area is 172 Å². The van der Waals surface area contributed by atoms with Gasteiger partial charge in [0.05, 0.1) is 11.1 Å². The summed E-state index contributed by atoms with van der Waals surface area (Å²) in [6.07, 6.45) is 7.36. The molecule has 0 aliphatic rings. The van der Waals surface area contributed by atoms with Gasteiger partial charge in [0.2, 0.25) is 5.82 Å². The summed E-state index contributed by atoms with van der Waals surface area (Å²) in [7, 11) is 0. The number of fused-ring (bicyclic) bond motifs is 1. The van der Waals surface area contributed by atoms with Gasteiger partial charge in [0.1, 0.15) is 5.82 Å². The summed E-state index contributed by atoms with van der Waals surface area (Å²) in [4.78, 5) is 0. The first kappa shape index (κ1) is 21.0. The highest BCUT2D eigenvalue weighted by atomic mass is 16.5. The number of rotatable bonds is 9. The van der Waals surface area contributed by atoms with E-state index >= 15 is 0 Å². The van der Waals surface area contributed by atoms with Gasteiger partial charge in [-0.3, -0.25) is 0 Å². The van der Waals surface area contributed by atoms with Gasteiger partial charge < -0.3 is 10.3 Å². The van der Waals surface area contributed by atoms with Gasteiger partial charge in [0.15, 0.2) is 11.3 Å². The number of hydrogen-bond acceptors (Lipinski definition) is 6. The Morgan fingerprint density at radius 1 is 1.03 bits per heavy atom. The summed E-state index contributed by atoms with van der Waals surface area (Å²) in [5, 5.41) is 18.4. The molecule has 1 aromatic carbocycles. The van der Waals surface area contributed by atoms with Crippen molar-refractivity contribution in [3.8, 4) is 0 Å². The van der Waals surface area contributed by atoms with Crippen LogP contribution in [0.2, 0.25) is 0 Å². The van der Waals surface area contributed by atoms with Crippen molar-refractivity contribution in [1.29, 1.82) is 0 Å². The monoisotopic (exact) mass is 396 g/mol. The van der Waals surface area contributed by atoms with Gasteiger partial charge in [-0.2, -0.15) is 5.10 Å². The molecule has 0 aliphatic carbocycles. The summed E-state index contributed by atoms with van der Waals surface area (Å²) in [6.45, 7) is 9.34. The third kappa shape index (κ3) is 5.02. The topological polar surface area (TPSA) is 94.6 Å². The Kier molecular flexibility index (Phi) is 6.67. The minimum atomic E-state index is -0.194. The molecule has 7 heteroatoms. The summed E-state index contributed by atoms with van der Waals surface area (Å²) in [5.41, 5.74) is 8.37. The van der Waals surface area contributed by atoms with Crippen LogP contribution in [0.1, 0.15) is 71.9 Å². The summed E-state index contributed by atoms with van der Waals surface area (Å²) in [6, 6.07) is 7.59. The standard InChI is InChI=1S/C22H32N6O/c1-5-6-7-8-9-12-15-28-20(23)18(19(26-28)22(2,3)4)24-25-21-16-13-10-11-14-17(16)29-27-21/h10-11,13-14H,5-9,12,15,23H2,1-4H3. The van der Waals surface area contributed by atoms with E-state index in [-0.39, 0.29) is 5.41 Å². The molecule has 0 unspecified atom stereocenters. The lowest BCUT2D eigenvalue weighted by molar-refractivity contribution is 0.458. The van der Waals surface area contributed by atoms with Crippen LogP contribution in [0.5, 0.6) is 0 Å². The Morgan fingerprint density at radius 2 is 1.76 bits per heavy atom. The predicted molar refractivity (Wildman–Crippen MR) is 117 cm³/mol. The van der Waals surface area contributed by atoms with Gasteiger partial charge in [-0.05, 0) is 18.6 Å².